The zero-order valence-corrected chi connectivity index (χ0v) is 7.01. The molecule has 0 aromatic heterocycles. The number of thioether (sulfide) groups is 1. The Hall–Kier alpha value is -0.575. The van der Waals surface area contributed by atoms with Crippen LogP contribution in [0.5, 0.6) is 0 Å². The van der Waals surface area contributed by atoms with Gasteiger partial charge < -0.3 is 0 Å². The summed E-state index contributed by atoms with van der Waals surface area (Å²) in [6.45, 7) is 0. The average Bonchev–Trinajstić information content (AvgIpc) is 2.01. The van der Waals surface area contributed by atoms with Crippen LogP contribution < -0.4 is 5.46 Å². The van der Waals surface area contributed by atoms with E-state index < -0.39 is 22.9 Å². The third-order valence-electron chi connectivity index (χ3n) is 1.35. The Balaban J connectivity index is 3.40. The molecule has 62 valence electrons. The van der Waals surface area contributed by atoms with Gasteiger partial charge in [0.25, 0.3) is 0 Å². The van der Waals surface area contributed by atoms with Gasteiger partial charge in [0.2, 0.25) is 0 Å². The van der Waals surface area contributed by atoms with E-state index in [-0.39, 0.29) is 4.90 Å². The maximum atomic E-state index is 12.8. The van der Waals surface area contributed by atoms with Crippen LogP contribution in [-0.4, -0.2) is 14.1 Å². The van der Waals surface area contributed by atoms with E-state index in [2.05, 4.69) is 0 Å². The Morgan fingerprint density at radius 3 is 2.33 bits per heavy atom. The van der Waals surface area contributed by atoms with Gasteiger partial charge in [-0.05, 0) is 12.3 Å². The highest BCUT2D eigenvalue weighted by Crippen LogP contribution is 2.23. The monoisotopic (exact) mass is 188 g/mol. The summed E-state index contributed by atoms with van der Waals surface area (Å²) < 4.78 is 38.3. The Morgan fingerprint density at radius 2 is 1.83 bits per heavy atom. The lowest BCUT2D eigenvalue weighted by Gasteiger charge is -2.04. The van der Waals surface area contributed by atoms with E-state index in [4.69, 9.17) is 7.85 Å². The summed E-state index contributed by atoms with van der Waals surface area (Å²) in [5.74, 6) is -3.25. The van der Waals surface area contributed by atoms with Gasteiger partial charge in [-0.15, -0.1) is 11.8 Å². The van der Waals surface area contributed by atoms with Gasteiger partial charge in [0.15, 0.2) is 11.6 Å². The first-order valence-corrected chi connectivity index (χ1v) is 4.27. The molecule has 0 unspecified atom stereocenters. The molecule has 0 bridgehead atoms. The SMILES string of the molecule is [B]c1cc(F)c(SC)c(F)c1F. The van der Waals surface area contributed by atoms with Crippen molar-refractivity contribution in [2.75, 3.05) is 6.26 Å². The molecule has 0 atom stereocenters. The molecule has 0 aliphatic rings. The molecule has 12 heavy (non-hydrogen) atoms. The van der Waals surface area contributed by atoms with Crippen LogP contribution in [0.2, 0.25) is 0 Å². The number of benzene rings is 1. The second kappa shape index (κ2) is 3.43. The van der Waals surface area contributed by atoms with E-state index in [1.807, 2.05) is 0 Å². The lowest BCUT2D eigenvalue weighted by molar-refractivity contribution is 0.473. The van der Waals surface area contributed by atoms with Crippen LogP contribution in [0.25, 0.3) is 0 Å². The standard InChI is InChI=1S/C7H4BF3S/c1-12-7-4(9)2-3(8)5(10)6(7)11/h2H,1H3. The highest BCUT2D eigenvalue weighted by molar-refractivity contribution is 7.98. The maximum Gasteiger partial charge on any atom is 0.174 e. The van der Waals surface area contributed by atoms with Crippen LogP contribution in [-0.2, 0) is 0 Å². The van der Waals surface area contributed by atoms with Crippen LogP contribution in [0.3, 0.4) is 0 Å². The molecule has 0 fully saturated rings. The van der Waals surface area contributed by atoms with Gasteiger partial charge in [-0.25, -0.2) is 13.2 Å². The van der Waals surface area contributed by atoms with Crippen LogP contribution >= 0.6 is 11.8 Å². The molecular formula is C7H4BF3S. The number of rotatable bonds is 1. The largest absolute Gasteiger partial charge is 0.206 e. The summed E-state index contributed by atoms with van der Waals surface area (Å²) in [4.78, 5) is -0.346. The molecule has 1 aromatic carbocycles. The molecule has 1 rings (SSSR count). The third-order valence-corrected chi connectivity index (χ3v) is 2.13. The molecule has 0 N–H and O–H groups in total. The van der Waals surface area contributed by atoms with Gasteiger partial charge in [0.1, 0.15) is 13.7 Å². The maximum absolute atomic E-state index is 12.8. The number of hydrogen-bond donors (Lipinski definition) is 0. The van der Waals surface area contributed by atoms with Crippen molar-refractivity contribution in [1.29, 1.82) is 0 Å². The zero-order valence-electron chi connectivity index (χ0n) is 6.20. The smallest absolute Gasteiger partial charge is 0.174 e. The van der Waals surface area contributed by atoms with Gasteiger partial charge >= 0.3 is 0 Å². The molecule has 0 saturated heterocycles. The van der Waals surface area contributed by atoms with Crippen LogP contribution in [0, 0.1) is 17.5 Å². The zero-order chi connectivity index (χ0) is 9.30. The second-order valence-corrected chi connectivity index (χ2v) is 2.93. The minimum atomic E-state index is -1.22. The fourth-order valence-corrected chi connectivity index (χ4v) is 1.31. The first-order chi connectivity index (χ1) is 5.57. The highest BCUT2D eigenvalue weighted by Gasteiger charge is 2.14. The summed E-state index contributed by atoms with van der Waals surface area (Å²) in [6, 6.07) is 0.768. The van der Waals surface area contributed by atoms with Crippen LogP contribution in [0.15, 0.2) is 11.0 Å². The van der Waals surface area contributed by atoms with E-state index in [9.17, 15) is 13.2 Å². The van der Waals surface area contributed by atoms with Crippen molar-refractivity contribution < 1.29 is 13.2 Å². The Bertz CT molecular complexity index is 314. The molecule has 0 amide bonds. The van der Waals surface area contributed by atoms with Crippen molar-refractivity contribution in [3.63, 3.8) is 0 Å². The Labute approximate surface area is 73.6 Å². The van der Waals surface area contributed by atoms with E-state index in [0.29, 0.717) is 0 Å². The normalized spacial score (nSPS) is 10.3. The van der Waals surface area contributed by atoms with Crippen molar-refractivity contribution in [3.05, 3.63) is 23.5 Å². The van der Waals surface area contributed by atoms with E-state index in [1.54, 1.807) is 0 Å². The lowest BCUT2D eigenvalue weighted by Crippen LogP contribution is -2.13. The van der Waals surface area contributed by atoms with Crippen molar-refractivity contribution in [1.82, 2.24) is 0 Å². The first kappa shape index (κ1) is 9.51. The predicted octanol–water partition coefficient (Wildman–Crippen LogP) is 1.62. The van der Waals surface area contributed by atoms with Crippen LogP contribution in [0.4, 0.5) is 13.2 Å². The third kappa shape index (κ3) is 1.46. The molecule has 2 radical (unpaired) electrons. The molecule has 0 nitrogen and oxygen atoms in total. The number of halogens is 3. The van der Waals surface area contributed by atoms with Crippen molar-refractivity contribution in [2.45, 2.75) is 4.90 Å². The quantitative estimate of drug-likeness (QED) is 0.366. The lowest BCUT2D eigenvalue weighted by atomic mass is 9.95. The Morgan fingerprint density at radius 1 is 1.25 bits per heavy atom. The fourth-order valence-electron chi connectivity index (χ4n) is 0.784. The van der Waals surface area contributed by atoms with Gasteiger partial charge in [0.05, 0.1) is 4.90 Å². The molecule has 0 aliphatic carbocycles. The summed E-state index contributed by atoms with van der Waals surface area (Å²) in [6.07, 6.45) is 1.46. The molecular weight excluding hydrogens is 184 g/mol. The van der Waals surface area contributed by atoms with Gasteiger partial charge in [-0.1, -0.05) is 5.46 Å². The molecule has 5 heteroatoms. The molecule has 0 aliphatic heterocycles. The average molecular weight is 188 g/mol. The van der Waals surface area contributed by atoms with Gasteiger partial charge in [-0.2, -0.15) is 0 Å². The topological polar surface area (TPSA) is 0 Å². The van der Waals surface area contributed by atoms with Gasteiger partial charge in [0, 0.05) is 0 Å². The van der Waals surface area contributed by atoms with Crippen LogP contribution in [0.1, 0.15) is 0 Å². The fraction of sp³-hybridized carbons (Fsp3) is 0.143. The summed E-state index contributed by atoms with van der Waals surface area (Å²) in [5, 5.41) is 0. The van der Waals surface area contributed by atoms with E-state index in [0.717, 1.165) is 17.8 Å². The minimum Gasteiger partial charge on any atom is -0.206 e. The molecule has 0 saturated carbocycles. The minimum absolute atomic E-state index is 0.346. The van der Waals surface area contributed by atoms with Crippen molar-refractivity contribution >= 4 is 25.1 Å². The second-order valence-electron chi connectivity index (χ2n) is 2.11. The van der Waals surface area contributed by atoms with E-state index in [1.165, 1.54) is 6.26 Å². The number of hydrogen-bond acceptors (Lipinski definition) is 1. The van der Waals surface area contributed by atoms with Crippen molar-refractivity contribution in [2.24, 2.45) is 0 Å². The molecule has 0 heterocycles. The van der Waals surface area contributed by atoms with Crippen molar-refractivity contribution in [3.8, 4) is 0 Å². The Kier molecular flexibility index (Phi) is 2.72. The highest BCUT2D eigenvalue weighted by atomic mass is 32.2. The van der Waals surface area contributed by atoms with E-state index >= 15 is 0 Å². The summed E-state index contributed by atoms with van der Waals surface area (Å²) in [7, 11) is 4.98. The summed E-state index contributed by atoms with van der Waals surface area (Å²) in [5.41, 5.74) is -0.511. The molecule has 1 aromatic rings. The predicted molar refractivity (Wildman–Crippen MR) is 43.5 cm³/mol. The van der Waals surface area contributed by atoms with Gasteiger partial charge in [-0.3, -0.25) is 0 Å². The first-order valence-electron chi connectivity index (χ1n) is 3.05. The molecule has 0 spiro atoms. The summed E-state index contributed by atoms with van der Waals surface area (Å²) >= 11 is 0.799.